The van der Waals surface area contributed by atoms with Gasteiger partial charge in [-0.2, -0.15) is 0 Å². The molecule has 1 amide bonds. The molecule has 8 nitrogen and oxygen atoms in total. The SMILES string of the molecule is CC(=O)N1[C@H](C(=O)OCc2nnc(-c3ccccc3)o2)CS[C@H]1c1ccco1. The van der Waals surface area contributed by atoms with E-state index >= 15 is 0 Å². The summed E-state index contributed by atoms with van der Waals surface area (Å²) in [5.41, 5.74) is 0.781. The zero-order valence-electron chi connectivity index (χ0n) is 15.0. The number of esters is 1. The van der Waals surface area contributed by atoms with Gasteiger partial charge in [0.2, 0.25) is 11.8 Å². The third-order valence-corrected chi connectivity index (χ3v) is 5.53. The average Bonchev–Trinajstić information content (AvgIpc) is 3.46. The molecule has 0 unspecified atom stereocenters. The van der Waals surface area contributed by atoms with Gasteiger partial charge in [0.25, 0.3) is 5.89 Å². The van der Waals surface area contributed by atoms with Gasteiger partial charge in [-0.25, -0.2) is 4.79 Å². The van der Waals surface area contributed by atoms with Gasteiger partial charge < -0.3 is 18.5 Å². The number of thioether (sulfide) groups is 1. The molecule has 1 aliphatic rings. The maximum absolute atomic E-state index is 12.6. The molecular weight excluding hydrogens is 382 g/mol. The highest BCUT2D eigenvalue weighted by molar-refractivity contribution is 7.99. The van der Waals surface area contributed by atoms with E-state index in [1.807, 2.05) is 30.3 Å². The van der Waals surface area contributed by atoms with Gasteiger partial charge >= 0.3 is 5.97 Å². The molecule has 9 heteroatoms. The van der Waals surface area contributed by atoms with Crippen LogP contribution in [0.3, 0.4) is 0 Å². The van der Waals surface area contributed by atoms with Crippen LogP contribution in [0.4, 0.5) is 0 Å². The first-order chi connectivity index (χ1) is 13.6. The van der Waals surface area contributed by atoms with E-state index in [2.05, 4.69) is 10.2 Å². The number of hydrogen-bond donors (Lipinski definition) is 0. The van der Waals surface area contributed by atoms with Crippen LogP contribution in [0.25, 0.3) is 11.5 Å². The highest BCUT2D eigenvalue weighted by Gasteiger charge is 2.43. The van der Waals surface area contributed by atoms with E-state index in [-0.39, 0.29) is 23.8 Å². The van der Waals surface area contributed by atoms with E-state index in [1.54, 1.807) is 18.4 Å². The summed E-state index contributed by atoms with van der Waals surface area (Å²) in [7, 11) is 0. The van der Waals surface area contributed by atoms with Crippen LogP contribution in [-0.2, 0) is 20.9 Å². The minimum atomic E-state index is -0.700. The van der Waals surface area contributed by atoms with Gasteiger partial charge in [-0.3, -0.25) is 4.79 Å². The molecule has 144 valence electrons. The summed E-state index contributed by atoms with van der Waals surface area (Å²) in [5, 5.41) is 7.52. The standard InChI is InChI=1S/C19H17N3O5S/c1-12(23)22-14(11-28-18(22)15-8-5-9-25-15)19(24)26-10-16-20-21-17(27-16)13-6-3-2-4-7-13/h2-9,14,18H,10-11H2,1H3/t14-,18-/m0/s1. The normalized spacial score (nSPS) is 19.0. The summed E-state index contributed by atoms with van der Waals surface area (Å²) in [5.74, 6) is 0.845. The van der Waals surface area contributed by atoms with Crippen LogP contribution >= 0.6 is 11.8 Å². The molecule has 28 heavy (non-hydrogen) atoms. The van der Waals surface area contributed by atoms with Crippen LogP contribution in [0.15, 0.2) is 57.6 Å². The highest BCUT2D eigenvalue weighted by Crippen LogP contribution is 2.41. The average molecular weight is 399 g/mol. The molecule has 4 rings (SSSR count). The van der Waals surface area contributed by atoms with Gasteiger partial charge in [-0.15, -0.1) is 22.0 Å². The molecule has 3 heterocycles. The van der Waals surface area contributed by atoms with Crippen LogP contribution in [-0.4, -0.2) is 38.8 Å². The Balaban J connectivity index is 1.41. The fourth-order valence-corrected chi connectivity index (χ4v) is 4.38. The Morgan fingerprint density at radius 3 is 2.75 bits per heavy atom. The van der Waals surface area contributed by atoms with Crippen LogP contribution in [0, 0.1) is 0 Å². The maximum Gasteiger partial charge on any atom is 0.330 e. The predicted octanol–water partition coefficient (Wildman–Crippen LogP) is 3.04. The van der Waals surface area contributed by atoms with Crippen molar-refractivity contribution in [2.75, 3.05) is 5.75 Å². The first-order valence-electron chi connectivity index (χ1n) is 8.62. The second-order valence-electron chi connectivity index (χ2n) is 6.12. The number of amides is 1. The molecule has 0 N–H and O–H groups in total. The number of nitrogens with zero attached hydrogens (tertiary/aromatic N) is 3. The van der Waals surface area contributed by atoms with Crippen molar-refractivity contribution in [1.29, 1.82) is 0 Å². The molecule has 0 saturated carbocycles. The maximum atomic E-state index is 12.6. The minimum Gasteiger partial charge on any atom is -0.466 e. The summed E-state index contributed by atoms with van der Waals surface area (Å²) in [6.45, 7) is 1.27. The summed E-state index contributed by atoms with van der Waals surface area (Å²) in [4.78, 5) is 26.2. The van der Waals surface area contributed by atoms with Crippen molar-refractivity contribution in [3.63, 3.8) is 0 Å². The first kappa shape index (κ1) is 18.3. The van der Waals surface area contributed by atoms with Gasteiger partial charge in [-0.05, 0) is 24.3 Å². The number of carbonyl (C=O) groups is 2. The molecule has 1 aliphatic heterocycles. The molecule has 1 saturated heterocycles. The van der Waals surface area contributed by atoms with Crippen molar-refractivity contribution in [3.8, 4) is 11.5 Å². The molecule has 1 fully saturated rings. The van der Waals surface area contributed by atoms with Crippen molar-refractivity contribution in [2.45, 2.75) is 24.9 Å². The zero-order valence-corrected chi connectivity index (χ0v) is 15.8. The summed E-state index contributed by atoms with van der Waals surface area (Å²) < 4.78 is 16.3. The Kier molecular flexibility index (Phi) is 5.16. The second-order valence-corrected chi connectivity index (χ2v) is 7.23. The number of rotatable bonds is 5. The Hall–Kier alpha value is -3.07. The lowest BCUT2D eigenvalue weighted by atomic mass is 10.2. The minimum absolute atomic E-state index is 0.156. The van der Waals surface area contributed by atoms with E-state index in [9.17, 15) is 9.59 Å². The summed E-state index contributed by atoms with van der Waals surface area (Å²) in [6.07, 6.45) is 1.54. The summed E-state index contributed by atoms with van der Waals surface area (Å²) in [6, 6.07) is 12.1. The van der Waals surface area contributed by atoms with Crippen LogP contribution in [0.1, 0.15) is 23.9 Å². The smallest absolute Gasteiger partial charge is 0.330 e. The first-order valence-corrected chi connectivity index (χ1v) is 9.66. The fourth-order valence-electron chi connectivity index (χ4n) is 2.96. The van der Waals surface area contributed by atoms with E-state index in [0.29, 0.717) is 17.4 Å². The Bertz CT molecular complexity index is 957. The van der Waals surface area contributed by atoms with Gasteiger partial charge in [-0.1, -0.05) is 18.2 Å². The molecule has 0 bridgehead atoms. The number of aromatic nitrogens is 2. The van der Waals surface area contributed by atoms with Crippen molar-refractivity contribution < 1.29 is 23.2 Å². The number of furan rings is 1. The summed E-state index contributed by atoms with van der Waals surface area (Å²) >= 11 is 1.46. The van der Waals surface area contributed by atoms with Gasteiger partial charge in [0.1, 0.15) is 17.2 Å². The van der Waals surface area contributed by atoms with Gasteiger partial charge in [0.15, 0.2) is 6.61 Å². The molecular formula is C19H17N3O5S. The molecule has 2 aromatic heterocycles. The number of carbonyl (C=O) groups excluding carboxylic acids is 2. The Labute approximate surface area is 164 Å². The topological polar surface area (TPSA) is 98.7 Å². The van der Waals surface area contributed by atoms with E-state index in [4.69, 9.17) is 13.6 Å². The monoisotopic (exact) mass is 399 g/mol. The fraction of sp³-hybridized carbons (Fsp3) is 0.263. The van der Waals surface area contributed by atoms with Gasteiger partial charge in [0, 0.05) is 18.2 Å². The van der Waals surface area contributed by atoms with Crippen LogP contribution in [0.2, 0.25) is 0 Å². The third-order valence-electron chi connectivity index (χ3n) is 4.25. The molecule has 0 aliphatic carbocycles. The molecule has 0 radical (unpaired) electrons. The van der Waals surface area contributed by atoms with Crippen molar-refractivity contribution >= 4 is 23.6 Å². The van der Waals surface area contributed by atoms with Gasteiger partial charge in [0.05, 0.1) is 6.26 Å². The number of hydrogen-bond acceptors (Lipinski definition) is 8. The molecule has 3 aromatic rings. The van der Waals surface area contributed by atoms with Crippen LogP contribution < -0.4 is 0 Å². The van der Waals surface area contributed by atoms with E-state index in [1.165, 1.54) is 23.6 Å². The third kappa shape index (κ3) is 3.65. The Morgan fingerprint density at radius 2 is 2.04 bits per heavy atom. The van der Waals surface area contributed by atoms with E-state index < -0.39 is 12.0 Å². The number of benzene rings is 1. The lowest BCUT2D eigenvalue weighted by Gasteiger charge is -2.25. The quantitative estimate of drug-likeness (QED) is 0.604. The largest absolute Gasteiger partial charge is 0.466 e. The van der Waals surface area contributed by atoms with Crippen molar-refractivity contribution in [3.05, 3.63) is 60.4 Å². The Morgan fingerprint density at radius 1 is 1.21 bits per heavy atom. The highest BCUT2D eigenvalue weighted by atomic mass is 32.2. The van der Waals surface area contributed by atoms with Crippen molar-refractivity contribution in [2.24, 2.45) is 0 Å². The van der Waals surface area contributed by atoms with Crippen molar-refractivity contribution in [1.82, 2.24) is 15.1 Å². The molecule has 2 atom stereocenters. The molecule has 1 aromatic carbocycles. The zero-order chi connectivity index (χ0) is 19.5. The second kappa shape index (κ2) is 7.89. The lowest BCUT2D eigenvalue weighted by molar-refractivity contribution is -0.155. The lowest BCUT2D eigenvalue weighted by Crippen LogP contribution is -2.42. The van der Waals surface area contributed by atoms with E-state index in [0.717, 1.165) is 5.56 Å². The number of ether oxygens (including phenoxy) is 1. The molecule has 0 spiro atoms. The van der Waals surface area contributed by atoms with Crippen LogP contribution in [0.5, 0.6) is 0 Å². The predicted molar refractivity (Wildman–Crippen MR) is 99.7 cm³/mol.